The zero-order valence-electron chi connectivity index (χ0n) is 17.9. The summed E-state index contributed by atoms with van der Waals surface area (Å²) in [5, 5.41) is 2.38. The van der Waals surface area contributed by atoms with Gasteiger partial charge in [-0.3, -0.25) is 4.79 Å². The van der Waals surface area contributed by atoms with Gasteiger partial charge in [-0.2, -0.15) is 0 Å². The predicted molar refractivity (Wildman–Crippen MR) is 131 cm³/mol. The van der Waals surface area contributed by atoms with Gasteiger partial charge in [-0.15, -0.1) is 11.3 Å². The topological polar surface area (TPSA) is 36.4 Å². The molecule has 1 saturated heterocycles. The van der Waals surface area contributed by atoms with E-state index in [9.17, 15) is 4.79 Å². The Kier molecular flexibility index (Phi) is 5.11. The molecule has 0 radical (unpaired) electrons. The lowest BCUT2D eigenvalue weighted by Crippen LogP contribution is -2.48. The number of pyridine rings is 1. The Morgan fingerprint density at radius 3 is 2.42 bits per heavy atom. The minimum Gasteiger partial charge on any atom is -0.368 e. The van der Waals surface area contributed by atoms with Gasteiger partial charge in [0.15, 0.2) is 0 Å². The summed E-state index contributed by atoms with van der Waals surface area (Å²) in [4.78, 5) is 22.9. The van der Waals surface area contributed by atoms with Crippen molar-refractivity contribution in [2.45, 2.75) is 20.8 Å². The smallest absolute Gasteiger partial charge is 0.264 e. The van der Waals surface area contributed by atoms with E-state index < -0.39 is 0 Å². The number of anilines is 1. The lowest BCUT2D eigenvalue weighted by Gasteiger charge is -2.36. The van der Waals surface area contributed by atoms with Crippen LogP contribution in [0.5, 0.6) is 0 Å². The molecule has 0 N–H and O–H groups in total. The van der Waals surface area contributed by atoms with E-state index in [4.69, 9.17) is 11.6 Å². The summed E-state index contributed by atoms with van der Waals surface area (Å²) in [5.41, 5.74) is 5.85. The van der Waals surface area contributed by atoms with Crippen molar-refractivity contribution >= 4 is 55.5 Å². The zero-order chi connectivity index (χ0) is 21.7. The molecule has 2 aromatic heterocycles. The molecular formula is C25H24ClN3OS. The van der Waals surface area contributed by atoms with E-state index in [0.717, 1.165) is 39.0 Å². The van der Waals surface area contributed by atoms with Crippen LogP contribution >= 0.6 is 22.9 Å². The number of hydrogen-bond acceptors (Lipinski definition) is 4. The van der Waals surface area contributed by atoms with Crippen LogP contribution in [0.3, 0.4) is 0 Å². The van der Waals surface area contributed by atoms with Crippen molar-refractivity contribution in [1.82, 2.24) is 9.88 Å². The summed E-state index contributed by atoms with van der Waals surface area (Å²) in [6.45, 7) is 9.44. The van der Waals surface area contributed by atoms with Gasteiger partial charge < -0.3 is 9.80 Å². The van der Waals surface area contributed by atoms with Crippen molar-refractivity contribution in [1.29, 1.82) is 0 Å². The van der Waals surface area contributed by atoms with Gasteiger partial charge in [-0.05, 0) is 56.2 Å². The molecule has 4 nitrogen and oxygen atoms in total. The first kappa shape index (κ1) is 20.3. The lowest BCUT2D eigenvalue weighted by molar-refractivity contribution is 0.0751. The Balaban J connectivity index is 1.41. The molecule has 0 aliphatic carbocycles. The van der Waals surface area contributed by atoms with Crippen LogP contribution in [0.25, 0.3) is 21.0 Å². The fourth-order valence-electron chi connectivity index (χ4n) is 4.31. The molecule has 6 heteroatoms. The second kappa shape index (κ2) is 7.81. The number of amides is 1. The van der Waals surface area contributed by atoms with Crippen LogP contribution in [0.1, 0.15) is 26.4 Å². The molecule has 5 rings (SSSR count). The van der Waals surface area contributed by atoms with Gasteiger partial charge >= 0.3 is 0 Å². The summed E-state index contributed by atoms with van der Waals surface area (Å²) >= 11 is 7.98. The molecule has 3 heterocycles. The Morgan fingerprint density at radius 2 is 1.65 bits per heavy atom. The van der Waals surface area contributed by atoms with E-state index in [1.54, 1.807) is 0 Å². The number of fused-ring (bicyclic) bond motifs is 3. The number of thiophene rings is 1. The summed E-state index contributed by atoms with van der Waals surface area (Å²) in [7, 11) is 0. The largest absolute Gasteiger partial charge is 0.368 e. The van der Waals surface area contributed by atoms with Crippen LogP contribution in [0, 0.1) is 20.8 Å². The molecule has 4 aromatic rings. The predicted octanol–water partition coefficient (Wildman–Crippen LogP) is 5.99. The van der Waals surface area contributed by atoms with Gasteiger partial charge in [0.1, 0.15) is 5.15 Å². The highest BCUT2D eigenvalue weighted by atomic mass is 35.5. The second-order valence-corrected chi connectivity index (χ2v) is 9.76. The van der Waals surface area contributed by atoms with Crippen LogP contribution in [-0.2, 0) is 0 Å². The molecule has 1 aliphatic heterocycles. The first-order valence-electron chi connectivity index (χ1n) is 10.5. The quantitative estimate of drug-likeness (QED) is 0.352. The maximum Gasteiger partial charge on any atom is 0.264 e. The molecule has 158 valence electrons. The number of nitrogens with zero attached hydrogens (tertiary/aromatic N) is 3. The summed E-state index contributed by atoms with van der Waals surface area (Å²) in [5.74, 6) is 0.0821. The van der Waals surface area contributed by atoms with Crippen LogP contribution in [0.2, 0.25) is 5.15 Å². The van der Waals surface area contributed by atoms with Crippen molar-refractivity contribution in [2.75, 3.05) is 31.1 Å². The van der Waals surface area contributed by atoms with E-state index in [0.29, 0.717) is 18.2 Å². The number of aromatic nitrogens is 1. The SMILES string of the molecule is Cc1ccc(C)c(N2CCN(C(=O)c3cc4c(Cl)nc5ccc(C)cc5c4s3)CC2)c1. The Bertz CT molecular complexity index is 1320. The molecule has 0 saturated carbocycles. The molecule has 2 aromatic carbocycles. The monoisotopic (exact) mass is 449 g/mol. The maximum absolute atomic E-state index is 13.3. The standard InChI is InChI=1S/C25H24ClN3OS/c1-15-5-7-20-18(12-15)23-19(24(26)27-20)14-22(31-23)25(30)29-10-8-28(9-11-29)21-13-16(2)4-6-17(21)3/h4-7,12-14H,8-11H2,1-3H3. The Morgan fingerprint density at radius 1 is 0.935 bits per heavy atom. The van der Waals surface area contributed by atoms with Crippen molar-refractivity contribution in [3.63, 3.8) is 0 Å². The highest BCUT2D eigenvalue weighted by Gasteiger charge is 2.25. The number of aryl methyl sites for hydroxylation is 3. The molecule has 1 amide bonds. The van der Waals surface area contributed by atoms with Crippen molar-refractivity contribution in [3.8, 4) is 0 Å². The van der Waals surface area contributed by atoms with Crippen LogP contribution in [0.15, 0.2) is 42.5 Å². The van der Waals surface area contributed by atoms with Crippen molar-refractivity contribution in [2.24, 2.45) is 0 Å². The van der Waals surface area contributed by atoms with E-state index in [1.165, 1.54) is 33.7 Å². The average molecular weight is 450 g/mol. The molecule has 0 spiro atoms. The number of hydrogen-bond donors (Lipinski definition) is 0. The van der Waals surface area contributed by atoms with Gasteiger partial charge in [-0.25, -0.2) is 4.98 Å². The van der Waals surface area contributed by atoms with E-state index in [2.05, 4.69) is 54.9 Å². The number of piperazine rings is 1. The number of carbonyl (C=O) groups excluding carboxylic acids is 1. The number of halogens is 1. The first-order chi connectivity index (χ1) is 14.9. The molecule has 1 aliphatic rings. The highest BCUT2D eigenvalue weighted by Crippen LogP contribution is 2.36. The fraction of sp³-hybridized carbons (Fsp3) is 0.280. The minimum atomic E-state index is 0.0821. The van der Waals surface area contributed by atoms with Gasteiger partial charge in [0, 0.05) is 47.3 Å². The van der Waals surface area contributed by atoms with Crippen LogP contribution in [-0.4, -0.2) is 42.0 Å². The van der Waals surface area contributed by atoms with Gasteiger partial charge in [0.2, 0.25) is 0 Å². The van der Waals surface area contributed by atoms with E-state index >= 15 is 0 Å². The summed E-state index contributed by atoms with van der Waals surface area (Å²) < 4.78 is 1.04. The summed E-state index contributed by atoms with van der Waals surface area (Å²) in [6, 6.07) is 14.6. The van der Waals surface area contributed by atoms with Crippen molar-refractivity contribution < 1.29 is 4.79 Å². The third-order valence-corrected chi connectivity index (χ3v) is 7.50. The molecule has 0 bridgehead atoms. The van der Waals surface area contributed by atoms with Crippen LogP contribution in [0.4, 0.5) is 5.69 Å². The Hall–Kier alpha value is -2.63. The van der Waals surface area contributed by atoms with Gasteiger partial charge in [0.25, 0.3) is 5.91 Å². The fourth-order valence-corrected chi connectivity index (χ4v) is 5.76. The molecular weight excluding hydrogens is 426 g/mol. The van der Waals surface area contributed by atoms with E-state index in [1.807, 2.05) is 23.1 Å². The Labute approximate surface area is 191 Å². The van der Waals surface area contributed by atoms with Gasteiger partial charge in [0.05, 0.1) is 10.4 Å². The minimum absolute atomic E-state index is 0.0821. The molecule has 1 fully saturated rings. The molecule has 31 heavy (non-hydrogen) atoms. The lowest BCUT2D eigenvalue weighted by atomic mass is 10.1. The third kappa shape index (κ3) is 3.66. The third-order valence-electron chi connectivity index (χ3n) is 6.05. The molecule has 0 atom stereocenters. The van der Waals surface area contributed by atoms with Crippen molar-refractivity contribution in [3.05, 3.63) is 69.2 Å². The molecule has 0 unspecified atom stereocenters. The highest BCUT2D eigenvalue weighted by molar-refractivity contribution is 7.21. The number of carbonyl (C=O) groups is 1. The van der Waals surface area contributed by atoms with Gasteiger partial charge in [-0.1, -0.05) is 35.4 Å². The number of rotatable bonds is 2. The maximum atomic E-state index is 13.3. The van der Waals surface area contributed by atoms with Crippen LogP contribution < -0.4 is 4.90 Å². The summed E-state index contributed by atoms with van der Waals surface area (Å²) in [6.07, 6.45) is 0. The zero-order valence-corrected chi connectivity index (χ0v) is 19.5. The second-order valence-electron chi connectivity index (χ2n) is 8.35. The average Bonchev–Trinajstić information content (AvgIpc) is 3.22. The first-order valence-corrected chi connectivity index (χ1v) is 11.7. The van der Waals surface area contributed by atoms with E-state index in [-0.39, 0.29) is 5.91 Å². The normalized spacial score (nSPS) is 14.6. The number of benzene rings is 2.